The second kappa shape index (κ2) is 9.06. The topological polar surface area (TPSA) is 35.5 Å². The zero-order chi connectivity index (χ0) is 17.4. The molecule has 0 aliphatic heterocycles. The van der Waals surface area contributed by atoms with E-state index < -0.39 is 0 Å². The van der Waals surface area contributed by atoms with E-state index in [1.807, 2.05) is 31.2 Å². The van der Waals surface area contributed by atoms with Crippen LogP contribution in [0.1, 0.15) is 43.2 Å². The first-order valence-corrected chi connectivity index (χ1v) is 8.17. The first-order valence-electron chi connectivity index (χ1n) is 8.17. The number of benzene rings is 2. The van der Waals surface area contributed by atoms with Crippen LogP contribution in [0.4, 0.5) is 4.39 Å². The van der Waals surface area contributed by atoms with Gasteiger partial charge in [-0.25, -0.2) is 4.39 Å². The van der Waals surface area contributed by atoms with Gasteiger partial charge in [0, 0.05) is 17.5 Å². The summed E-state index contributed by atoms with van der Waals surface area (Å²) in [6, 6.07) is 12.5. The average Bonchev–Trinajstić information content (AvgIpc) is 3.46. The summed E-state index contributed by atoms with van der Waals surface area (Å²) in [7, 11) is 1.65. The molecule has 0 spiro atoms. The molecule has 0 bridgehead atoms. The fourth-order valence-electron chi connectivity index (χ4n) is 2.34. The van der Waals surface area contributed by atoms with Gasteiger partial charge in [0.2, 0.25) is 0 Å². The van der Waals surface area contributed by atoms with Crippen molar-refractivity contribution in [2.75, 3.05) is 7.11 Å². The normalized spacial score (nSPS) is 12.8. The van der Waals surface area contributed by atoms with E-state index in [1.165, 1.54) is 6.07 Å². The fourth-order valence-corrected chi connectivity index (χ4v) is 2.34. The number of methoxy groups -OCH3 is 1. The number of para-hydroxylation sites is 1. The summed E-state index contributed by atoms with van der Waals surface area (Å²) in [5.74, 6) is 1.84. The van der Waals surface area contributed by atoms with E-state index in [9.17, 15) is 9.18 Å². The lowest BCUT2D eigenvalue weighted by atomic mass is 10.1. The molecule has 0 saturated heterocycles. The van der Waals surface area contributed by atoms with E-state index in [0.717, 1.165) is 41.8 Å². The van der Waals surface area contributed by atoms with Crippen LogP contribution in [0, 0.1) is 5.82 Å². The molecular weight excluding hydrogens is 307 g/mol. The minimum absolute atomic E-state index is 0.198. The molecule has 0 amide bonds. The zero-order valence-electron chi connectivity index (χ0n) is 14.1. The Bertz CT molecular complexity index is 666. The van der Waals surface area contributed by atoms with Crippen molar-refractivity contribution in [2.24, 2.45) is 0 Å². The molecule has 0 radical (unpaired) electrons. The van der Waals surface area contributed by atoms with Gasteiger partial charge in [-0.05, 0) is 43.0 Å². The van der Waals surface area contributed by atoms with Crippen molar-refractivity contribution < 1.29 is 18.7 Å². The second-order valence-corrected chi connectivity index (χ2v) is 5.63. The number of hydrogen-bond donors (Lipinski definition) is 0. The third-order valence-electron chi connectivity index (χ3n) is 3.73. The maximum Gasteiger partial charge on any atom is 0.125 e. The molecule has 1 saturated carbocycles. The summed E-state index contributed by atoms with van der Waals surface area (Å²) in [5.41, 5.74) is 1.97. The number of hydrogen-bond acceptors (Lipinski definition) is 3. The fraction of sp³-hybridized carbons (Fsp3) is 0.350. The van der Waals surface area contributed by atoms with Crippen molar-refractivity contribution in [1.82, 2.24) is 0 Å². The highest BCUT2D eigenvalue weighted by molar-refractivity contribution is 5.48. The van der Waals surface area contributed by atoms with Crippen LogP contribution in [0.2, 0.25) is 0 Å². The van der Waals surface area contributed by atoms with Crippen molar-refractivity contribution in [2.45, 2.75) is 38.7 Å². The van der Waals surface area contributed by atoms with Gasteiger partial charge < -0.3 is 14.3 Å². The zero-order valence-corrected chi connectivity index (χ0v) is 14.1. The van der Waals surface area contributed by atoms with Gasteiger partial charge in [-0.3, -0.25) is 0 Å². The first kappa shape index (κ1) is 18.0. The van der Waals surface area contributed by atoms with E-state index >= 15 is 0 Å². The minimum Gasteiger partial charge on any atom is -0.496 e. The molecule has 3 nitrogen and oxygen atoms in total. The third kappa shape index (κ3) is 5.08. The smallest absolute Gasteiger partial charge is 0.125 e. The molecule has 2 aromatic rings. The van der Waals surface area contributed by atoms with Crippen molar-refractivity contribution in [3.05, 3.63) is 59.4 Å². The van der Waals surface area contributed by atoms with Crippen LogP contribution < -0.4 is 9.47 Å². The number of ether oxygens (including phenoxy) is 2. The molecule has 1 fully saturated rings. The Morgan fingerprint density at radius 3 is 2.50 bits per heavy atom. The van der Waals surface area contributed by atoms with Gasteiger partial charge in [-0.1, -0.05) is 25.1 Å². The summed E-state index contributed by atoms with van der Waals surface area (Å²) in [5, 5.41) is 0. The summed E-state index contributed by atoms with van der Waals surface area (Å²) in [6.07, 6.45) is 3.75. The Labute approximate surface area is 142 Å². The molecule has 0 heterocycles. The Hall–Kier alpha value is -2.36. The Morgan fingerprint density at radius 1 is 1.17 bits per heavy atom. The van der Waals surface area contributed by atoms with Gasteiger partial charge in [-0.15, -0.1) is 0 Å². The molecule has 4 heteroatoms. The van der Waals surface area contributed by atoms with Crippen molar-refractivity contribution >= 4 is 6.29 Å². The molecular formula is C20H23FO3. The van der Waals surface area contributed by atoms with E-state index in [4.69, 9.17) is 9.47 Å². The van der Waals surface area contributed by atoms with Gasteiger partial charge in [-0.2, -0.15) is 0 Å². The molecule has 0 unspecified atom stereocenters. The molecule has 0 aromatic heterocycles. The van der Waals surface area contributed by atoms with E-state index in [2.05, 4.69) is 0 Å². The predicted molar refractivity (Wildman–Crippen MR) is 92.1 cm³/mol. The van der Waals surface area contributed by atoms with Crippen molar-refractivity contribution in [3.8, 4) is 11.5 Å². The summed E-state index contributed by atoms with van der Waals surface area (Å²) in [6.45, 7) is 2.24. The average molecular weight is 330 g/mol. The molecule has 3 rings (SSSR count). The highest BCUT2D eigenvalue weighted by Crippen LogP contribution is 2.44. The molecule has 0 atom stereocenters. The van der Waals surface area contributed by atoms with Gasteiger partial charge in [0.1, 0.15) is 30.2 Å². The van der Waals surface area contributed by atoms with Crippen molar-refractivity contribution in [3.63, 3.8) is 0 Å². The number of aldehydes is 1. The standard InChI is InChI=1S/C17H17FO2.C3H6O/c1-19-16-5-3-2-4-13(16)11-20-17-9-8-14(18)10-15(17)12-6-7-12;1-2-3-4/h2-5,8-10,12H,6-7,11H2,1H3;3H,2H2,1H3. The van der Waals surface area contributed by atoms with Crippen LogP contribution in [-0.2, 0) is 11.4 Å². The number of rotatable bonds is 6. The lowest BCUT2D eigenvalue weighted by Gasteiger charge is -2.13. The quantitative estimate of drug-likeness (QED) is 0.708. The lowest BCUT2D eigenvalue weighted by molar-refractivity contribution is -0.107. The molecule has 0 N–H and O–H groups in total. The largest absolute Gasteiger partial charge is 0.496 e. The van der Waals surface area contributed by atoms with Crippen molar-refractivity contribution in [1.29, 1.82) is 0 Å². The van der Waals surface area contributed by atoms with Gasteiger partial charge in [0.15, 0.2) is 0 Å². The van der Waals surface area contributed by atoms with Crippen LogP contribution >= 0.6 is 0 Å². The van der Waals surface area contributed by atoms with Gasteiger partial charge >= 0.3 is 0 Å². The van der Waals surface area contributed by atoms with Crippen LogP contribution in [0.25, 0.3) is 0 Å². The molecule has 1 aliphatic rings. The van der Waals surface area contributed by atoms with E-state index in [-0.39, 0.29) is 5.82 Å². The maximum atomic E-state index is 13.3. The Morgan fingerprint density at radius 2 is 1.88 bits per heavy atom. The molecule has 24 heavy (non-hydrogen) atoms. The third-order valence-corrected chi connectivity index (χ3v) is 3.73. The summed E-state index contributed by atoms with van der Waals surface area (Å²) >= 11 is 0. The second-order valence-electron chi connectivity index (χ2n) is 5.63. The summed E-state index contributed by atoms with van der Waals surface area (Å²) < 4.78 is 24.5. The maximum absolute atomic E-state index is 13.3. The van der Waals surface area contributed by atoms with E-state index in [1.54, 1.807) is 19.2 Å². The molecule has 1 aliphatic carbocycles. The first-order chi connectivity index (χ1) is 11.7. The number of carbonyl (C=O) groups excluding carboxylic acids is 1. The molecule has 128 valence electrons. The summed E-state index contributed by atoms with van der Waals surface area (Å²) in [4.78, 5) is 9.17. The van der Waals surface area contributed by atoms with E-state index in [0.29, 0.717) is 18.9 Å². The lowest BCUT2D eigenvalue weighted by Crippen LogP contribution is -2.00. The predicted octanol–water partition coefficient (Wildman–Crippen LogP) is 4.89. The Kier molecular flexibility index (Phi) is 6.79. The van der Waals surface area contributed by atoms with Crippen LogP contribution in [0.5, 0.6) is 11.5 Å². The van der Waals surface area contributed by atoms with Crippen LogP contribution in [0.3, 0.4) is 0 Å². The number of halogens is 1. The highest BCUT2D eigenvalue weighted by Gasteiger charge is 2.27. The monoisotopic (exact) mass is 330 g/mol. The Balaban J connectivity index is 0.000000471. The van der Waals surface area contributed by atoms with Crippen LogP contribution in [0.15, 0.2) is 42.5 Å². The number of carbonyl (C=O) groups is 1. The van der Waals surface area contributed by atoms with Gasteiger partial charge in [0.05, 0.1) is 7.11 Å². The minimum atomic E-state index is -0.198. The molecule has 2 aromatic carbocycles. The van der Waals surface area contributed by atoms with Crippen LogP contribution in [-0.4, -0.2) is 13.4 Å². The highest BCUT2D eigenvalue weighted by atomic mass is 19.1. The SMILES string of the molecule is CCC=O.COc1ccccc1COc1ccc(F)cc1C1CC1. The van der Waals surface area contributed by atoms with Gasteiger partial charge in [0.25, 0.3) is 0 Å².